The quantitative estimate of drug-likeness (QED) is 0.844. The lowest BCUT2D eigenvalue weighted by Crippen LogP contribution is -2.35. The number of ether oxygens (including phenoxy) is 2. The number of nitrogens with one attached hydrogen (secondary N) is 1. The molecule has 6 heteroatoms. The number of hydrogen-bond donors (Lipinski definition) is 2. The van der Waals surface area contributed by atoms with Crippen LogP contribution in [0.15, 0.2) is 12.1 Å². The van der Waals surface area contributed by atoms with E-state index >= 15 is 0 Å². The molecule has 0 spiro atoms. The predicted molar refractivity (Wildman–Crippen MR) is 82.3 cm³/mol. The van der Waals surface area contributed by atoms with E-state index in [-0.39, 0.29) is 11.3 Å². The summed E-state index contributed by atoms with van der Waals surface area (Å²) in [6, 6.07) is 3.53. The van der Waals surface area contributed by atoms with Crippen LogP contribution in [-0.4, -0.2) is 29.8 Å². The zero-order valence-corrected chi connectivity index (χ0v) is 13.7. The van der Waals surface area contributed by atoms with Crippen LogP contribution in [0.4, 0.5) is 0 Å². The smallest absolute Gasteiger partial charge is 0.344 e. The van der Waals surface area contributed by atoms with Crippen LogP contribution in [0, 0.1) is 0 Å². The number of methoxy groups -OCH3 is 1. The number of benzene rings is 1. The Morgan fingerprint density at radius 2 is 2.05 bits per heavy atom. The summed E-state index contributed by atoms with van der Waals surface area (Å²) in [4.78, 5) is 10.9. The minimum atomic E-state index is -1.06. The van der Waals surface area contributed by atoms with Gasteiger partial charge in [-0.3, -0.25) is 0 Å². The third-order valence-corrected chi connectivity index (χ3v) is 3.04. The Labute approximate surface area is 130 Å². The van der Waals surface area contributed by atoms with Crippen molar-refractivity contribution in [3.8, 4) is 11.5 Å². The average Bonchev–Trinajstić information content (AvgIpc) is 2.37. The molecule has 0 aliphatic heterocycles. The Morgan fingerprint density at radius 3 is 2.52 bits per heavy atom. The minimum Gasteiger partial charge on any atom is -0.493 e. The van der Waals surface area contributed by atoms with Crippen LogP contribution in [0.5, 0.6) is 11.5 Å². The van der Waals surface area contributed by atoms with Crippen molar-refractivity contribution < 1.29 is 19.4 Å². The maximum absolute atomic E-state index is 10.9. The molecule has 1 atom stereocenters. The summed E-state index contributed by atoms with van der Waals surface area (Å²) < 4.78 is 10.6. The van der Waals surface area contributed by atoms with Gasteiger partial charge in [-0.15, -0.1) is 0 Å². The second-order valence-electron chi connectivity index (χ2n) is 5.81. The molecule has 0 heterocycles. The van der Waals surface area contributed by atoms with Crippen molar-refractivity contribution in [3.63, 3.8) is 0 Å². The molecular formula is C15H22ClNO4. The standard InChI is InChI=1S/C15H22ClNO4/c1-9(14(18)19)21-13-11(16)6-10(7-12(13)20-5)8-17-15(2,3)4/h6-7,9,17H,8H2,1-5H3,(H,18,19). The number of carboxylic acid groups (broad SMARTS) is 1. The van der Waals surface area contributed by atoms with Gasteiger partial charge < -0.3 is 19.9 Å². The number of rotatable bonds is 6. The van der Waals surface area contributed by atoms with Gasteiger partial charge in [-0.2, -0.15) is 0 Å². The monoisotopic (exact) mass is 315 g/mol. The molecule has 0 saturated carbocycles. The van der Waals surface area contributed by atoms with Crippen LogP contribution in [-0.2, 0) is 11.3 Å². The number of carbonyl (C=O) groups is 1. The van der Waals surface area contributed by atoms with Crippen LogP contribution < -0.4 is 14.8 Å². The Balaban J connectivity index is 2.99. The van der Waals surface area contributed by atoms with Crippen molar-refractivity contribution >= 4 is 17.6 Å². The van der Waals surface area contributed by atoms with Crippen LogP contribution in [0.1, 0.15) is 33.3 Å². The van der Waals surface area contributed by atoms with Crippen molar-refractivity contribution in [2.75, 3.05) is 7.11 Å². The summed E-state index contributed by atoms with van der Waals surface area (Å²) in [5.74, 6) is -0.401. The third kappa shape index (κ3) is 5.44. The van der Waals surface area contributed by atoms with Gasteiger partial charge >= 0.3 is 5.97 Å². The molecule has 2 N–H and O–H groups in total. The van der Waals surface area contributed by atoms with E-state index in [4.69, 9.17) is 26.2 Å². The highest BCUT2D eigenvalue weighted by Gasteiger charge is 2.19. The van der Waals surface area contributed by atoms with Gasteiger partial charge in [0.2, 0.25) is 0 Å². The third-order valence-electron chi connectivity index (χ3n) is 2.75. The number of halogens is 1. The molecule has 1 rings (SSSR count). The highest BCUT2D eigenvalue weighted by atomic mass is 35.5. The molecule has 0 radical (unpaired) electrons. The first-order chi connectivity index (χ1) is 9.64. The second kappa shape index (κ2) is 7.00. The molecule has 0 aliphatic carbocycles. The fourth-order valence-corrected chi connectivity index (χ4v) is 1.86. The lowest BCUT2D eigenvalue weighted by Gasteiger charge is -2.21. The van der Waals surface area contributed by atoms with Crippen molar-refractivity contribution in [2.45, 2.75) is 45.9 Å². The zero-order chi connectivity index (χ0) is 16.2. The highest BCUT2D eigenvalue weighted by molar-refractivity contribution is 6.32. The van der Waals surface area contributed by atoms with Gasteiger partial charge in [0, 0.05) is 12.1 Å². The number of hydrogen-bond acceptors (Lipinski definition) is 4. The first-order valence-corrected chi connectivity index (χ1v) is 7.02. The average molecular weight is 316 g/mol. The summed E-state index contributed by atoms with van der Waals surface area (Å²) in [5.41, 5.74) is 0.911. The molecule has 0 fully saturated rings. The van der Waals surface area contributed by atoms with Crippen molar-refractivity contribution in [1.82, 2.24) is 5.32 Å². The van der Waals surface area contributed by atoms with Gasteiger partial charge in [0.25, 0.3) is 0 Å². The summed E-state index contributed by atoms with van der Waals surface area (Å²) in [6.45, 7) is 8.26. The fraction of sp³-hybridized carbons (Fsp3) is 0.533. The normalized spacial score (nSPS) is 12.9. The van der Waals surface area contributed by atoms with Crippen molar-refractivity contribution in [1.29, 1.82) is 0 Å². The minimum absolute atomic E-state index is 0.0211. The molecule has 0 saturated heterocycles. The van der Waals surface area contributed by atoms with Gasteiger partial charge in [-0.1, -0.05) is 11.6 Å². The molecule has 0 aromatic heterocycles. The molecule has 1 aromatic rings. The predicted octanol–water partition coefficient (Wildman–Crippen LogP) is 3.09. The maximum Gasteiger partial charge on any atom is 0.344 e. The van der Waals surface area contributed by atoms with E-state index in [0.29, 0.717) is 17.3 Å². The topological polar surface area (TPSA) is 67.8 Å². The maximum atomic E-state index is 10.9. The lowest BCUT2D eigenvalue weighted by atomic mass is 10.1. The largest absolute Gasteiger partial charge is 0.493 e. The van der Waals surface area contributed by atoms with E-state index in [1.165, 1.54) is 14.0 Å². The summed E-state index contributed by atoms with van der Waals surface area (Å²) in [6.07, 6.45) is -1.00. The second-order valence-corrected chi connectivity index (χ2v) is 6.22. The van der Waals surface area contributed by atoms with Gasteiger partial charge in [-0.05, 0) is 45.4 Å². The van der Waals surface area contributed by atoms with Gasteiger partial charge in [0.15, 0.2) is 17.6 Å². The van der Waals surface area contributed by atoms with Crippen LogP contribution in [0.3, 0.4) is 0 Å². The van der Waals surface area contributed by atoms with E-state index < -0.39 is 12.1 Å². The Hall–Kier alpha value is -1.46. The van der Waals surface area contributed by atoms with Gasteiger partial charge in [0.1, 0.15) is 0 Å². The Morgan fingerprint density at radius 1 is 1.43 bits per heavy atom. The first-order valence-electron chi connectivity index (χ1n) is 6.65. The van der Waals surface area contributed by atoms with E-state index in [0.717, 1.165) is 5.56 Å². The van der Waals surface area contributed by atoms with E-state index in [1.54, 1.807) is 12.1 Å². The van der Waals surface area contributed by atoms with E-state index in [1.807, 2.05) is 0 Å². The molecule has 5 nitrogen and oxygen atoms in total. The molecule has 1 aromatic carbocycles. The Bertz CT molecular complexity index is 511. The molecule has 0 amide bonds. The number of carboxylic acids is 1. The molecular weight excluding hydrogens is 294 g/mol. The van der Waals surface area contributed by atoms with E-state index in [2.05, 4.69) is 26.1 Å². The molecule has 0 aliphatic rings. The number of aliphatic carboxylic acids is 1. The van der Waals surface area contributed by atoms with Crippen molar-refractivity contribution in [3.05, 3.63) is 22.7 Å². The van der Waals surface area contributed by atoms with Crippen molar-refractivity contribution in [2.24, 2.45) is 0 Å². The lowest BCUT2D eigenvalue weighted by molar-refractivity contribution is -0.144. The molecule has 118 valence electrons. The summed E-state index contributed by atoms with van der Waals surface area (Å²) >= 11 is 6.19. The fourth-order valence-electron chi connectivity index (χ4n) is 1.58. The first kappa shape index (κ1) is 17.6. The highest BCUT2D eigenvalue weighted by Crippen LogP contribution is 2.37. The SMILES string of the molecule is COc1cc(CNC(C)(C)C)cc(Cl)c1OC(C)C(=O)O. The molecule has 1 unspecified atom stereocenters. The summed E-state index contributed by atoms with van der Waals surface area (Å²) in [7, 11) is 1.49. The van der Waals surface area contributed by atoms with Crippen LogP contribution in [0.25, 0.3) is 0 Å². The van der Waals surface area contributed by atoms with E-state index in [9.17, 15) is 4.79 Å². The van der Waals surface area contributed by atoms with Crippen LogP contribution >= 0.6 is 11.6 Å². The van der Waals surface area contributed by atoms with Gasteiger partial charge in [0.05, 0.1) is 12.1 Å². The summed E-state index contributed by atoms with van der Waals surface area (Å²) in [5, 5.41) is 12.6. The zero-order valence-electron chi connectivity index (χ0n) is 13.0. The van der Waals surface area contributed by atoms with Gasteiger partial charge in [-0.25, -0.2) is 4.79 Å². The Kier molecular flexibility index (Phi) is 5.87. The molecule has 0 bridgehead atoms. The van der Waals surface area contributed by atoms with Crippen LogP contribution in [0.2, 0.25) is 5.02 Å². The molecule has 21 heavy (non-hydrogen) atoms.